The Kier molecular flexibility index (Phi) is 6.03. The van der Waals surface area contributed by atoms with Crippen molar-refractivity contribution in [1.82, 2.24) is 0 Å². The van der Waals surface area contributed by atoms with Crippen molar-refractivity contribution in [3.63, 3.8) is 0 Å². The molecule has 0 aliphatic heterocycles. The summed E-state index contributed by atoms with van der Waals surface area (Å²) >= 11 is 5.95. The molecule has 0 heterocycles. The van der Waals surface area contributed by atoms with Gasteiger partial charge < -0.3 is 14.6 Å². The van der Waals surface area contributed by atoms with E-state index in [1.165, 1.54) is 13.2 Å². The summed E-state index contributed by atoms with van der Waals surface area (Å²) in [5, 5.41) is 9.43. The van der Waals surface area contributed by atoms with Crippen LogP contribution in [0.2, 0.25) is 5.02 Å². The van der Waals surface area contributed by atoms with E-state index in [0.29, 0.717) is 10.8 Å². The lowest BCUT2D eigenvalue weighted by Gasteiger charge is -2.22. The number of anilines is 1. The van der Waals surface area contributed by atoms with Gasteiger partial charge in [-0.3, -0.25) is 9.69 Å². The van der Waals surface area contributed by atoms with E-state index in [1.807, 2.05) is 18.2 Å². The van der Waals surface area contributed by atoms with Crippen molar-refractivity contribution in [3.05, 3.63) is 59.1 Å². The molecule has 24 heavy (non-hydrogen) atoms. The van der Waals surface area contributed by atoms with Crippen LogP contribution < -0.4 is 9.64 Å². The van der Waals surface area contributed by atoms with Gasteiger partial charge in [0.25, 0.3) is 0 Å². The summed E-state index contributed by atoms with van der Waals surface area (Å²) in [5.41, 5.74) is 1.02. The summed E-state index contributed by atoms with van der Waals surface area (Å²) in [7, 11) is 1.42. The number of carbonyl (C=O) groups excluding carboxylic acids is 1. The SMILES string of the molecule is COc1ccc(Cl)cc1N(CC(=O)O)C(=O)OCc1ccccc1. The molecule has 0 unspecified atom stereocenters. The van der Waals surface area contributed by atoms with E-state index in [9.17, 15) is 9.59 Å². The van der Waals surface area contributed by atoms with Crippen molar-refractivity contribution in [2.75, 3.05) is 18.6 Å². The lowest BCUT2D eigenvalue weighted by molar-refractivity contribution is -0.135. The van der Waals surface area contributed by atoms with E-state index >= 15 is 0 Å². The third-order valence-electron chi connectivity index (χ3n) is 3.15. The van der Waals surface area contributed by atoms with Gasteiger partial charge in [-0.1, -0.05) is 41.9 Å². The first-order chi connectivity index (χ1) is 11.5. The van der Waals surface area contributed by atoms with E-state index in [0.717, 1.165) is 10.5 Å². The Labute approximate surface area is 144 Å². The third kappa shape index (κ3) is 4.63. The van der Waals surface area contributed by atoms with Crippen LogP contribution in [0.25, 0.3) is 0 Å². The van der Waals surface area contributed by atoms with Crippen LogP contribution in [0.4, 0.5) is 10.5 Å². The summed E-state index contributed by atoms with van der Waals surface area (Å²) in [4.78, 5) is 24.5. The van der Waals surface area contributed by atoms with Crippen molar-refractivity contribution in [2.45, 2.75) is 6.61 Å². The molecule has 6 nitrogen and oxygen atoms in total. The molecule has 0 bridgehead atoms. The summed E-state index contributed by atoms with van der Waals surface area (Å²) in [6.45, 7) is -0.553. The highest BCUT2D eigenvalue weighted by Crippen LogP contribution is 2.31. The number of nitrogens with zero attached hydrogens (tertiary/aromatic N) is 1. The minimum atomic E-state index is -1.19. The number of methoxy groups -OCH3 is 1. The van der Waals surface area contributed by atoms with Gasteiger partial charge in [0.1, 0.15) is 18.9 Å². The van der Waals surface area contributed by atoms with Crippen LogP contribution in [0.15, 0.2) is 48.5 Å². The Balaban J connectivity index is 2.23. The number of hydrogen-bond acceptors (Lipinski definition) is 4. The van der Waals surface area contributed by atoms with Crippen molar-refractivity contribution >= 4 is 29.4 Å². The highest BCUT2D eigenvalue weighted by molar-refractivity contribution is 6.31. The van der Waals surface area contributed by atoms with Gasteiger partial charge in [0.05, 0.1) is 12.8 Å². The molecule has 1 N–H and O–H groups in total. The molecule has 7 heteroatoms. The van der Waals surface area contributed by atoms with Gasteiger partial charge in [-0.25, -0.2) is 4.79 Å². The molecule has 0 spiro atoms. The molecule has 126 valence electrons. The van der Waals surface area contributed by atoms with Crippen molar-refractivity contribution < 1.29 is 24.2 Å². The molecule has 0 saturated heterocycles. The maximum Gasteiger partial charge on any atom is 0.415 e. The second-order valence-electron chi connectivity index (χ2n) is 4.84. The number of carboxylic acids is 1. The predicted octanol–water partition coefficient (Wildman–Crippen LogP) is 3.58. The molecular weight excluding hydrogens is 334 g/mol. The third-order valence-corrected chi connectivity index (χ3v) is 3.39. The van der Waals surface area contributed by atoms with Crippen molar-refractivity contribution in [1.29, 1.82) is 0 Å². The smallest absolute Gasteiger partial charge is 0.415 e. The fourth-order valence-electron chi connectivity index (χ4n) is 2.05. The van der Waals surface area contributed by atoms with Gasteiger partial charge >= 0.3 is 12.1 Å². The van der Waals surface area contributed by atoms with Crippen molar-refractivity contribution in [3.8, 4) is 5.75 Å². The molecule has 2 aromatic carbocycles. The molecule has 0 fully saturated rings. The number of amides is 1. The fourth-order valence-corrected chi connectivity index (χ4v) is 2.22. The van der Waals surface area contributed by atoms with Crippen LogP contribution >= 0.6 is 11.6 Å². The van der Waals surface area contributed by atoms with Gasteiger partial charge in [0, 0.05) is 5.02 Å². The van der Waals surface area contributed by atoms with Crippen molar-refractivity contribution in [2.24, 2.45) is 0 Å². The van der Waals surface area contributed by atoms with Crippen LogP contribution in [0, 0.1) is 0 Å². The fraction of sp³-hybridized carbons (Fsp3) is 0.176. The van der Waals surface area contributed by atoms with E-state index in [-0.39, 0.29) is 12.3 Å². The van der Waals surface area contributed by atoms with Gasteiger partial charge in [-0.15, -0.1) is 0 Å². The largest absolute Gasteiger partial charge is 0.495 e. The minimum absolute atomic E-state index is 0.0265. The number of benzene rings is 2. The van der Waals surface area contributed by atoms with Crippen LogP contribution in [0.5, 0.6) is 5.75 Å². The molecule has 1 amide bonds. The maximum atomic E-state index is 12.4. The number of rotatable bonds is 6. The number of aliphatic carboxylic acids is 1. The summed E-state index contributed by atoms with van der Waals surface area (Å²) < 4.78 is 10.4. The van der Waals surface area contributed by atoms with Crippen LogP contribution in [0.3, 0.4) is 0 Å². The van der Waals surface area contributed by atoms with Gasteiger partial charge in [0.15, 0.2) is 0 Å². The van der Waals surface area contributed by atoms with E-state index in [2.05, 4.69) is 0 Å². The highest BCUT2D eigenvalue weighted by Gasteiger charge is 2.24. The van der Waals surface area contributed by atoms with Crippen LogP contribution in [0.1, 0.15) is 5.56 Å². The van der Waals surface area contributed by atoms with E-state index < -0.39 is 18.6 Å². The molecule has 0 saturated carbocycles. The normalized spacial score (nSPS) is 10.1. The Morgan fingerprint density at radius 3 is 2.50 bits per heavy atom. The number of hydrogen-bond donors (Lipinski definition) is 1. The summed E-state index contributed by atoms with van der Waals surface area (Å²) in [5.74, 6) is -0.869. The lowest BCUT2D eigenvalue weighted by atomic mass is 10.2. The standard InChI is InChI=1S/C17H16ClNO5/c1-23-15-8-7-13(18)9-14(15)19(10-16(20)21)17(22)24-11-12-5-3-2-4-6-12/h2-9H,10-11H2,1H3,(H,20,21). The first-order valence-corrected chi connectivity index (χ1v) is 7.42. The monoisotopic (exact) mass is 349 g/mol. The lowest BCUT2D eigenvalue weighted by Crippen LogP contribution is -2.36. The minimum Gasteiger partial charge on any atom is -0.495 e. The topological polar surface area (TPSA) is 76.1 Å². The zero-order valence-corrected chi connectivity index (χ0v) is 13.7. The Morgan fingerprint density at radius 1 is 1.17 bits per heavy atom. The average Bonchev–Trinajstić information content (AvgIpc) is 2.58. The molecule has 0 aliphatic carbocycles. The summed E-state index contributed by atoms with van der Waals surface area (Å²) in [6, 6.07) is 13.7. The maximum absolute atomic E-state index is 12.4. The predicted molar refractivity (Wildman–Crippen MR) is 89.6 cm³/mol. The first-order valence-electron chi connectivity index (χ1n) is 7.05. The Hall–Kier alpha value is -2.73. The van der Waals surface area contributed by atoms with Gasteiger partial charge in [-0.05, 0) is 23.8 Å². The second-order valence-corrected chi connectivity index (χ2v) is 5.27. The number of ether oxygens (including phenoxy) is 2. The first kappa shape index (κ1) is 17.6. The molecule has 0 aliphatic rings. The average molecular weight is 350 g/mol. The molecule has 0 aromatic heterocycles. The quantitative estimate of drug-likeness (QED) is 0.862. The van der Waals surface area contributed by atoms with Gasteiger partial charge in [0.2, 0.25) is 0 Å². The molecule has 0 radical (unpaired) electrons. The van der Waals surface area contributed by atoms with Gasteiger partial charge in [-0.2, -0.15) is 0 Å². The van der Waals surface area contributed by atoms with Crippen LogP contribution in [-0.4, -0.2) is 30.8 Å². The number of carbonyl (C=O) groups is 2. The zero-order chi connectivity index (χ0) is 17.5. The summed E-state index contributed by atoms with van der Waals surface area (Å²) in [6.07, 6.45) is -0.804. The number of carboxylic acid groups (broad SMARTS) is 1. The Bertz CT molecular complexity index is 720. The van der Waals surface area contributed by atoms with E-state index in [1.54, 1.807) is 24.3 Å². The van der Waals surface area contributed by atoms with Crippen LogP contribution in [-0.2, 0) is 16.1 Å². The molecule has 2 rings (SSSR count). The van der Waals surface area contributed by atoms with E-state index in [4.69, 9.17) is 26.2 Å². The molecular formula is C17H16ClNO5. The highest BCUT2D eigenvalue weighted by atomic mass is 35.5. The molecule has 2 aromatic rings. The second kappa shape index (κ2) is 8.21. The number of halogens is 1. The molecule has 0 atom stereocenters. The Morgan fingerprint density at radius 2 is 1.88 bits per heavy atom. The zero-order valence-electron chi connectivity index (χ0n) is 12.9.